The number of phenols is 6. The summed E-state index contributed by atoms with van der Waals surface area (Å²) in [7, 11) is 0. The van der Waals surface area contributed by atoms with Gasteiger partial charge in [-0.3, -0.25) is 5.01 Å². The number of nitrogens with two attached hydrogens (primary N) is 1. The van der Waals surface area contributed by atoms with Gasteiger partial charge in [0.25, 0.3) is 0 Å². The first kappa shape index (κ1) is 19.9. The minimum absolute atomic E-state index is 0.0473. The average Bonchev–Trinajstić information content (AvgIpc) is 2.74. The Balaban J connectivity index is 1.96. The molecule has 1 unspecified atom stereocenters. The molecule has 10 nitrogen and oxygen atoms in total. The molecule has 0 amide bonds. The van der Waals surface area contributed by atoms with Crippen molar-refractivity contribution in [2.75, 3.05) is 0 Å². The van der Waals surface area contributed by atoms with Gasteiger partial charge in [-0.05, 0) is 54.6 Å². The van der Waals surface area contributed by atoms with E-state index in [0.29, 0.717) is 0 Å². The van der Waals surface area contributed by atoms with Crippen LogP contribution in [0.15, 0.2) is 64.6 Å². The molecule has 3 aromatic rings. The summed E-state index contributed by atoms with van der Waals surface area (Å²) in [5, 5.41) is 61.6. The Morgan fingerprint density at radius 1 is 0.677 bits per heavy atom. The molecule has 8 N–H and O–H groups in total. The zero-order valence-electron chi connectivity index (χ0n) is 15.9. The highest BCUT2D eigenvalue weighted by molar-refractivity contribution is 6.14. The van der Waals surface area contributed by atoms with Gasteiger partial charge in [0.2, 0.25) is 0 Å². The Labute approximate surface area is 175 Å². The molecule has 1 aliphatic heterocycles. The predicted molar refractivity (Wildman–Crippen MR) is 111 cm³/mol. The lowest BCUT2D eigenvalue weighted by molar-refractivity contribution is 0.319. The van der Waals surface area contributed by atoms with Crippen LogP contribution in [0.3, 0.4) is 0 Å². The largest absolute Gasteiger partial charge is 0.508 e. The van der Waals surface area contributed by atoms with E-state index < -0.39 is 6.17 Å². The quantitative estimate of drug-likeness (QED) is 0.248. The maximum atomic E-state index is 10.3. The van der Waals surface area contributed by atoms with Gasteiger partial charge in [0.05, 0.1) is 11.1 Å². The van der Waals surface area contributed by atoms with Crippen molar-refractivity contribution in [2.24, 2.45) is 15.8 Å². The van der Waals surface area contributed by atoms with Gasteiger partial charge in [0, 0.05) is 5.56 Å². The second-order valence-corrected chi connectivity index (χ2v) is 6.82. The van der Waals surface area contributed by atoms with Crippen molar-refractivity contribution in [1.82, 2.24) is 5.01 Å². The van der Waals surface area contributed by atoms with Crippen molar-refractivity contribution in [3.8, 4) is 34.5 Å². The first-order valence-electron chi connectivity index (χ1n) is 9.01. The highest BCUT2D eigenvalue weighted by atomic mass is 16.3. The van der Waals surface area contributed by atoms with Crippen LogP contribution < -0.4 is 5.84 Å². The van der Waals surface area contributed by atoms with Crippen LogP contribution in [0, 0.1) is 0 Å². The van der Waals surface area contributed by atoms with Crippen molar-refractivity contribution in [3.63, 3.8) is 0 Å². The van der Waals surface area contributed by atoms with Crippen LogP contribution >= 0.6 is 0 Å². The van der Waals surface area contributed by atoms with E-state index in [1.54, 1.807) is 0 Å². The molecule has 4 rings (SSSR count). The molecule has 1 aliphatic rings. The van der Waals surface area contributed by atoms with Crippen LogP contribution in [0.2, 0.25) is 0 Å². The number of phenolic OH excluding ortho intramolecular Hbond substituents is 6. The minimum Gasteiger partial charge on any atom is -0.508 e. The molecule has 158 valence electrons. The second kappa shape index (κ2) is 7.43. The van der Waals surface area contributed by atoms with E-state index in [-0.39, 0.29) is 62.9 Å². The maximum Gasteiger partial charge on any atom is 0.168 e. The van der Waals surface area contributed by atoms with Crippen molar-refractivity contribution >= 4 is 11.7 Å². The van der Waals surface area contributed by atoms with Crippen LogP contribution in [0.25, 0.3) is 0 Å². The predicted octanol–water partition coefficient (Wildman–Crippen LogP) is 2.00. The van der Waals surface area contributed by atoms with Crippen LogP contribution in [0.1, 0.15) is 22.9 Å². The lowest BCUT2D eigenvalue weighted by Crippen LogP contribution is -2.43. The molecule has 0 aromatic heterocycles. The summed E-state index contributed by atoms with van der Waals surface area (Å²) in [6, 6.07) is 11.3. The molecule has 0 saturated heterocycles. The molecule has 3 aromatic carbocycles. The van der Waals surface area contributed by atoms with E-state index in [1.807, 2.05) is 0 Å². The van der Waals surface area contributed by atoms with Gasteiger partial charge in [-0.1, -0.05) is 0 Å². The van der Waals surface area contributed by atoms with Gasteiger partial charge >= 0.3 is 0 Å². The molecular formula is C21H18N4O6. The number of rotatable bonds is 3. The summed E-state index contributed by atoms with van der Waals surface area (Å²) < 4.78 is 0. The number of aromatic hydroxyl groups is 6. The van der Waals surface area contributed by atoms with E-state index >= 15 is 0 Å². The summed E-state index contributed by atoms with van der Waals surface area (Å²) in [5.41, 5.74) is 0.237. The number of hydrogen-bond acceptors (Lipinski definition) is 10. The number of benzene rings is 3. The van der Waals surface area contributed by atoms with E-state index in [4.69, 9.17) is 5.84 Å². The highest BCUT2D eigenvalue weighted by Gasteiger charge is 2.31. The summed E-state index contributed by atoms with van der Waals surface area (Å²) in [6.07, 6.45) is -1.14. The SMILES string of the molecule is NN1C(c2cc(O)ccc2O)=NC(c2cc(O)ccc2O)=NC1c1cc(O)ccc1O. The normalized spacial score (nSPS) is 16.0. The van der Waals surface area contributed by atoms with Gasteiger partial charge < -0.3 is 30.6 Å². The Morgan fingerprint density at radius 2 is 1.19 bits per heavy atom. The molecule has 1 heterocycles. The fraction of sp³-hybridized carbons (Fsp3) is 0.0476. The number of nitrogens with zero attached hydrogens (tertiary/aromatic N) is 3. The van der Waals surface area contributed by atoms with Crippen LogP contribution in [-0.2, 0) is 0 Å². The molecule has 0 saturated carbocycles. The number of amidine groups is 2. The van der Waals surface area contributed by atoms with Crippen molar-refractivity contribution < 1.29 is 30.6 Å². The van der Waals surface area contributed by atoms with Gasteiger partial charge in [0.15, 0.2) is 17.8 Å². The lowest BCUT2D eigenvalue weighted by atomic mass is 10.1. The number of aliphatic imine (C=N–C) groups is 2. The molecular weight excluding hydrogens is 404 g/mol. The van der Waals surface area contributed by atoms with Gasteiger partial charge in [-0.15, -0.1) is 0 Å². The minimum atomic E-state index is -1.14. The molecule has 31 heavy (non-hydrogen) atoms. The highest BCUT2D eigenvalue weighted by Crippen LogP contribution is 2.37. The first-order chi connectivity index (χ1) is 14.7. The monoisotopic (exact) mass is 422 g/mol. The zero-order chi connectivity index (χ0) is 22.3. The average molecular weight is 422 g/mol. The standard InChI is InChI=1S/C21H18N4O6/c22-25-20(14-8-11(27)2-5-17(14)30)23-19(13-7-10(26)1-4-16(13)29)24-21(25)15-9-12(28)3-6-18(15)31/h1-9,20,26-31H,22H2. The van der Waals surface area contributed by atoms with Crippen molar-refractivity contribution in [1.29, 1.82) is 0 Å². The molecule has 1 atom stereocenters. The smallest absolute Gasteiger partial charge is 0.168 e. The summed E-state index contributed by atoms with van der Waals surface area (Å²) >= 11 is 0. The Hall–Kier alpha value is -4.44. The third-order valence-corrected chi connectivity index (χ3v) is 4.70. The molecule has 0 bridgehead atoms. The van der Waals surface area contributed by atoms with Gasteiger partial charge in [0.1, 0.15) is 34.5 Å². The van der Waals surface area contributed by atoms with E-state index in [0.717, 1.165) is 5.01 Å². The number of hydrazine groups is 1. The fourth-order valence-electron chi connectivity index (χ4n) is 3.18. The Kier molecular flexibility index (Phi) is 4.76. The third kappa shape index (κ3) is 3.63. The lowest BCUT2D eigenvalue weighted by Gasteiger charge is -2.32. The first-order valence-corrected chi connectivity index (χ1v) is 9.01. The third-order valence-electron chi connectivity index (χ3n) is 4.70. The van der Waals surface area contributed by atoms with Crippen molar-refractivity contribution in [3.05, 3.63) is 71.3 Å². The number of hydrogen-bond donors (Lipinski definition) is 7. The molecule has 0 radical (unpaired) electrons. The van der Waals surface area contributed by atoms with Crippen molar-refractivity contribution in [2.45, 2.75) is 6.17 Å². The zero-order valence-corrected chi connectivity index (χ0v) is 15.9. The van der Waals surface area contributed by atoms with Crippen LogP contribution in [0.5, 0.6) is 34.5 Å². The van der Waals surface area contributed by atoms with Crippen LogP contribution in [-0.4, -0.2) is 47.3 Å². The van der Waals surface area contributed by atoms with E-state index in [1.165, 1.54) is 54.6 Å². The molecule has 10 heteroatoms. The Bertz CT molecular complexity index is 1240. The topological polar surface area (TPSA) is 175 Å². The molecule has 0 spiro atoms. The molecule has 0 fully saturated rings. The second-order valence-electron chi connectivity index (χ2n) is 6.82. The molecule has 0 aliphatic carbocycles. The summed E-state index contributed by atoms with van der Waals surface area (Å²) in [6.45, 7) is 0. The van der Waals surface area contributed by atoms with Gasteiger partial charge in [-0.2, -0.15) is 0 Å². The van der Waals surface area contributed by atoms with Gasteiger partial charge in [-0.25, -0.2) is 15.8 Å². The van der Waals surface area contributed by atoms with E-state index in [2.05, 4.69) is 9.98 Å². The fourth-order valence-corrected chi connectivity index (χ4v) is 3.18. The Morgan fingerprint density at radius 3 is 1.84 bits per heavy atom. The summed E-state index contributed by atoms with van der Waals surface area (Å²) in [4.78, 5) is 8.70. The van der Waals surface area contributed by atoms with E-state index in [9.17, 15) is 30.6 Å². The maximum absolute atomic E-state index is 10.3. The van der Waals surface area contributed by atoms with Crippen LogP contribution in [0.4, 0.5) is 0 Å². The summed E-state index contributed by atoms with van der Waals surface area (Å²) in [5.74, 6) is 4.95.